The van der Waals surface area contributed by atoms with Crippen LogP contribution in [0.4, 0.5) is 0 Å². The average molecular weight is 739 g/mol. The summed E-state index contributed by atoms with van der Waals surface area (Å²) in [6.45, 7) is 7.40. The fourth-order valence-electron chi connectivity index (χ4n) is 7.23. The third-order valence-electron chi connectivity index (χ3n) is 9.49. The molecule has 8 heteroatoms. The van der Waals surface area contributed by atoms with Crippen LogP contribution >= 0.6 is 0 Å². The van der Waals surface area contributed by atoms with Gasteiger partial charge in [-0.1, -0.05) is 109 Å². The molecule has 0 heterocycles. The lowest BCUT2D eigenvalue weighted by molar-refractivity contribution is 0.483. The molecule has 1 aliphatic rings. The van der Waals surface area contributed by atoms with E-state index >= 15 is 0 Å². The van der Waals surface area contributed by atoms with Crippen LogP contribution in [0.3, 0.4) is 0 Å². The fourth-order valence-corrected chi connectivity index (χ4v) is 9.35. The van der Waals surface area contributed by atoms with Gasteiger partial charge in [-0.2, -0.15) is 16.8 Å². The Balaban J connectivity index is 1.44. The SMILES string of the molecule is CC=Cc1cc(C2(c3ccc(OS(=O)(=O)c4cccc(C)c4)c(C=CC)c3)c3ccccc3-c3ccccc32)ccc1OS(=O)(=O)c1cccc(C)c1. The number of fused-ring (bicyclic) bond motifs is 3. The lowest BCUT2D eigenvalue weighted by Gasteiger charge is -2.34. The van der Waals surface area contributed by atoms with Gasteiger partial charge in [0.2, 0.25) is 0 Å². The highest BCUT2D eigenvalue weighted by atomic mass is 32.2. The van der Waals surface area contributed by atoms with Gasteiger partial charge in [0.25, 0.3) is 0 Å². The van der Waals surface area contributed by atoms with Crippen molar-refractivity contribution in [2.24, 2.45) is 0 Å². The van der Waals surface area contributed by atoms with Crippen molar-refractivity contribution in [3.05, 3.63) is 190 Å². The van der Waals surface area contributed by atoms with E-state index in [1.54, 1.807) is 36.4 Å². The molecule has 0 aliphatic heterocycles. The topological polar surface area (TPSA) is 86.7 Å². The van der Waals surface area contributed by atoms with Crippen molar-refractivity contribution in [1.82, 2.24) is 0 Å². The van der Waals surface area contributed by atoms with Crippen molar-refractivity contribution in [3.63, 3.8) is 0 Å². The third kappa shape index (κ3) is 6.49. The molecule has 7 rings (SSSR count). The first-order valence-electron chi connectivity index (χ1n) is 17.2. The van der Waals surface area contributed by atoms with Gasteiger partial charge in [0.15, 0.2) is 0 Å². The van der Waals surface area contributed by atoms with Gasteiger partial charge in [-0.05, 0) is 121 Å². The first kappa shape index (κ1) is 35.7. The van der Waals surface area contributed by atoms with E-state index in [4.69, 9.17) is 8.37 Å². The van der Waals surface area contributed by atoms with Crippen molar-refractivity contribution in [3.8, 4) is 22.6 Å². The predicted octanol–water partition coefficient (Wildman–Crippen LogP) is 10.3. The second-order valence-corrected chi connectivity index (χ2v) is 16.1. The zero-order valence-corrected chi connectivity index (χ0v) is 31.4. The van der Waals surface area contributed by atoms with Crippen LogP contribution in [-0.2, 0) is 25.7 Å². The molecule has 0 radical (unpaired) electrons. The predicted molar refractivity (Wildman–Crippen MR) is 211 cm³/mol. The molecule has 0 unspecified atom stereocenters. The summed E-state index contributed by atoms with van der Waals surface area (Å²) in [4.78, 5) is 0.151. The Labute approximate surface area is 312 Å². The van der Waals surface area contributed by atoms with E-state index in [0.29, 0.717) is 11.1 Å². The Morgan fingerprint density at radius 3 is 1.30 bits per heavy atom. The number of hydrogen-bond donors (Lipinski definition) is 0. The van der Waals surface area contributed by atoms with Crippen molar-refractivity contribution in [1.29, 1.82) is 0 Å². The lowest BCUT2D eigenvalue weighted by atomic mass is 9.67. The maximum absolute atomic E-state index is 13.5. The quantitative estimate of drug-likeness (QED) is 0.130. The lowest BCUT2D eigenvalue weighted by Crippen LogP contribution is -2.29. The van der Waals surface area contributed by atoms with E-state index in [1.807, 2.05) is 113 Å². The van der Waals surface area contributed by atoms with Gasteiger partial charge in [-0.3, -0.25) is 0 Å². The molecule has 1 aliphatic carbocycles. The molecule has 0 saturated carbocycles. The minimum Gasteiger partial charge on any atom is -0.378 e. The highest BCUT2D eigenvalue weighted by Crippen LogP contribution is 2.57. The first-order valence-corrected chi connectivity index (χ1v) is 20.1. The highest BCUT2D eigenvalue weighted by molar-refractivity contribution is 7.87. The summed E-state index contributed by atoms with van der Waals surface area (Å²) in [7, 11) is -8.26. The van der Waals surface area contributed by atoms with Crippen molar-refractivity contribution >= 4 is 32.4 Å². The normalized spacial score (nSPS) is 13.6. The summed E-state index contributed by atoms with van der Waals surface area (Å²) in [5, 5.41) is 0. The largest absolute Gasteiger partial charge is 0.378 e. The molecule has 0 aromatic heterocycles. The molecule has 0 saturated heterocycles. The van der Waals surface area contributed by atoms with Crippen molar-refractivity contribution in [2.75, 3.05) is 0 Å². The van der Waals surface area contributed by atoms with Crippen LogP contribution < -0.4 is 8.37 Å². The molecule has 0 N–H and O–H groups in total. The van der Waals surface area contributed by atoms with E-state index in [-0.39, 0.29) is 21.3 Å². The first-order chi connectivity index (χ1) is 25.5. The van der Waals surface area contributed by atoms with Crippen LogP contribution in [0.25, 0.3) is 23.3 Å². The third-order valence-corrected chi connectivity index (χ3v) is 11.9. The van der Waals surface area contributed by atoms with Gasteiger partial charge in [0, 0.05) is 11.1 Å². The van der Waals surface area contributed by atoms with Gasteiger partial charge in [0.1, 0.15) is 21.3 Å². The standard InChI is InChI=1S/C45H38O6S2/c1-5-13-33-29-35(23-25-43(33)50-52(46,47)37-17-11-15-31(3)27-37)45(41-21-9-7-19-39(41)40-20-8-10-22-42(40)45)36-24-26-44(34(30-36)14-6-2)51-53(48,49)38-18-12-16-32(4)28-38/h5-30H,1-4H3. The number of allylic oxidation sites excluding steroid dienone is 2. The molecular weight excluding hydrogens is 701 g/mol. The number of hydrogen-bond acceptors (Lipinski definition) is 6. The Morgan fingerprint density at radius 1 is 0.491 bits per heavy atom. The number of benzene rings is 6. The van der Waals surface area contributed by atoms with Crippen LogP contribution in [0.15, 0.2) is 155 Å². The summed E-state index contributed by atoms with van der Waals surface area (Å²) in [5.41, 5.74) is 7.82. The van der Waals surface area contributed by atoms with Crippen LogP contribution in [0.5, 0.6) is 11.5 Å². The number of rotatable bonds is 10. The van der Waals surface area contributed by atoms with Gasteiger partial charge in [-0.25, -0.2) is 0 Å². The molecule has 6 aromatic rings. The summed E-state index contributed by atoms with van der Waals surface area (Å²) >= 11 is 0. The Bertz CT molecular complexity index is 2470. The Morgan fingerprint density at radius 2 is 0.906 bits per heavy atom. The van der Waals surface area contributed by atoms with Crippen LogP contribution in [0.2, 0.25) is 0 Å². The van der Waals surface area contributed by atoms with E-state index in [1.165, 1.54) is 12.1 Å². The zero-order valence-electron chi connectivity index (χ0n) is 29.8. The van der Waals surface area contributed by atoms with E-state index < -0.39 is 25.7 Å². The van der Waals surface area contributed by atoms with Crippen LogP contribution in [0, 0.1) is 13.8 Å². The maximum Gasteiger partial charge on any atom is 0.339 e. The summed E-state index contributed by atoms with van der Waals surface area (Å²) in [6, 6.07) is 40.9. The summed E-state index contributed by atoms with van der Waals surface area (Å²) in [6.07, 6.45) is 7.37. The molecule has 0 bridgehead atoms. The molecule has 6 aromatic carbocycles. The minimum atomic E-state index is -4.13. The minimum absolute atomic E-state index is 0.0753. The molecule has 6 nitrogen and oxygen atoms in total. The smallest absolute Gasteiger partial charge is 0.339 e. The number of aryl methyl sites for hydroxylation is 2. The molecular formula is C45H38O6S2. The maximum atomic E-state index is 13.5. The molecule has 0 amide bonds. The second kappa shape index (κ2) is 14.0. The van der Waals surface area contributed by atoms with Gasteiger partial charge < -0.3 is 8.37 Å². The van der Waals surface area contributed by atoms with Gasteiger partial charge in [-0.15, -0.1) is 0 Å². The van der Waals surface area contributed by atoms with E-state index in [9.17, 15) is 16.8 Å². The average Bonchev–Trinajstić information content (AvgIpc) is 3.44. The van der Waals surface area contributed by atoms with Crippen molar-refractivity contribution in [2.45, 2.75) is 42.9 Å². The van der Waals surface area contributed by atoms with E-state index in [0.717, 1.165) is 44.5 Å². The monoisotopic (exact) mass is 738 g/mol. The summed E-state index contributed by atoms with van der Waals surface area (Å²) < 4.78 is 65.6. The Hall–Kier alpha value is -5.70. The van der Waals surface area contributed by atoms with Gasteiger partial charge in [0.05, 0.1) is 5.41 Å². The highest BCUT2D eigenvalue weighted by Gasteiger charge is 2.46. The van der Waals surface area contributed by atoms with E-state index in [2.05, 4.69) is 24.3 Å². The van der Waals surface area contributed by atoms with Crippen LogP contribution in [-0.4, -0.2) is 16.8 Å². The Kier molecular flexibility index (Phi) is 9.45. The molecule has 0 spiro atoms. The fraction of sp³-hybridized carbons (Fsp3) is 0.111. The molecule has 266 valence electrons. The summed E-state index contributed by atoms with van der Waals surface area (Å²) in [5.74, 6) is 0.394. The van der Waals surface area contributed by atoms with Gasteiger partial charge >= 0.3 is 20.2 Å². The zero-order chi connectivity index (χ0) is 37.4. The molecule has 53 heavy (non-hydrogen) atoms. The molecule has 0 fully saturated rings. The van der Waals surface area contributed by atoms with Crippen molar-refractivity contribution < 1.29 is 25.2 Å². The molecule has 0 atom stereocenters. The van der Waals surface area contributed by atoms with Crippen LogP contribution in [0.1, 0.15) is 58.4 Å². The second-order valence-electron chi connectivity index (χ2n) is 13.1.